The average Bonchev–Trinajstić information content (AvgIpc) is 2.94. The fraction of sp³-hybridized carbons (Fsp3) is 0.733. The number of sulfonamides is 1. The average molecular weight is 342 g/mol. The summed E-state index contributed by atoms with van der Waals surface area (Å²) in [4.78, 5) is 18.8. The van der Waals surface area contributed by atoms with Crippen LogP contribution in [0.25, 0.3) is 0 Å². The van der Waals surface area contributed by atoms with Gasteiger partial charge in [-0.05, 0) is 19.8 Å². The van der Waals surface area contributed by atoms with Crippen molar-refractivity contribution in [1.29, 1.82) is 0 Å². The molecule has 2 heterocycles. The fourth-order valence-corrected chi connectivity index (χ4v) is 3.84. The topological polar surface area (TPSA) is 84.3 Å². The first-order valence-corrected chi connectivity index (χ1v) is 9.87. The van der Waals surface area contributed by atoms with Gasteiger partial charge in [-0.3, -0.25) is 4.79 Å². The Kier molecular flexibility index (Phi) is 5.46. The Bertz CT molecular complexity index is 645. The number of nitrogens with zero attached hydrogens (tertiary/aromatic N) is 3. The van der Waals surface area contributed by atoms with Gasteiger partial charge in [0.25, 0.3) is 0 Å². The van der Waals surface area contributed by atoms with Crippen molar-refractivity contribution in [2.75, 3.05) is 19.3 Å². The van der Waals surface area contributed by atoms with Crippen LogP contribution < -0.4 is 4.72 Å². The quantitative estimate of drug-likeness (QED) is 0.869. The van der Waals surface area contributed by atoms with Gasteiger partial charge in [0.15, 0.2) is 0 Å². The van der Waals surface area contributed by atoms with E-state index in [1.807, 2.05) is 22.6 Å². The zero-order chi connectivity index (χ0) is 17.2. The van der Waals surface area contributed by atoms with Gasteiger partial charge in [-0.1, -0.05) is 13.8 Å². The molecule has 8 heteroatoms. The van der Waals surface area contributed by atoms with Gasteiger partial charge in [-0.2, -0.15) is 0 Å². The van der Waals surface area contributed by atoms with E-state index in [0.29, 0.717) is 25.9 Å². The van der Waals surface area contributed by atoms with Crippen molar-refractivity contribution in [3.05, 3.63) is 18.2 Å². The lowest BCUT2D eigenvalue weighted by molar-refractivity contribution is -0.135. The van der Waals surface area contributed by atoms with Crippen molar-refractivity contribution in [2.45, 2.75) is 51.6 Å². The second kappa shape index (κ2) is 7.00. The standard InChI is InChI=1S/C15H26N4O3S/c1-11(2)14-16-7-10-19(14)12(3)15(20)18-8-5-13(6-9-18)17-23(4,21)22/h7,10-13,17H,5-6,8-9H2,1-4H3/t12-/m0/s1. The Morgan fingerprint density at radius 2 is 1.91 bits per heavy atom. The van der Waals surface area contributed by atoms with Crippen molar-refractivity contribution >= 4 is 15.9 Å². The van der Waals surface area contributed by atoms with Crippen LogP contribution in [0.1, 0.15) is 51.4 Å². The highest BCUT2D eigenvalue weighted by Gasteiger charge is 2.28. The molecule has 1 aromatic heterocycles. The third-order valence-corrected chi connectivity index (χ3v) is 4.94. The summed E-state index contributed by atoms with van der Waals surface area (Å²) in [6.07, 6.45) is 6.02. The Hall–Kier alpha value is -1.41. The molecule has 1 N–H and O–H groups in total. The van der Waals surface area contributed by atoms with Gasteiger partial charge in [0.05, 0.1) is 6.26 Å². The molecule has 0 bridgehead atoms. The number of carbonyl (C=O) groups excluding carboxylic acids is 1. The van der Waals surface area contributed by atoms with Crippen molar-refractivity contribution in [1.82, 2.24) is 19.2 Å². The molecule has 1 aliphatic rings. The van der Waals surface area contributed by atoms with Gasteiger partial charge in [0.2, 0.25) is 15.9 Å². The number of hydrogen-bond donors (Lipinski definition) is 1. The number of piperidine rings is 1. The van der Waals surface area contributed by atoms with Crippen molar-refractivity contribution < 1.29 is 13.2 Å². The monoisotopic (exact) mass is 342 g/mol. The molecule has 1 aromatic rings. The summed E-state index contributed by atoms with van der Waals surface area (Å²) in [6.45, 7) is 7.14. The van der Waals surface area contributed by atoms with Crippen LogP contribution in [0.3, 0.4) is 0 Å². The van der Waals surface area contributed by atoms with Crippen LogP contribution in [0.15, 0.2) is 12.4 Å². The molecule has 0 radical (unpaired) electrons. The predicted octanol–water partition coefficient (Wildman–Crippen LogP) is 1.11. The lowest BCUT2D eigenvalue weighted by Crippen LogP contribution is -2.47. The van der Waals surface area contributed by atoms with Crippen molar-refractivity contribution in [3.63, 3.8) is 0 Å². The molecule has 2 rings (SSSR count). The number of likely N-dealkylation sites (tertiary alicyclic amines) is 1. The molecular formula is C15H26N4O3S. The van der Waals surface area contributed by atoms with Gasteiger partial charge in [-0.15, -0.1) is 0 Å². The lowest BCUT2D eigenvalue weighted by atomic mass is 10.1. The van der Waals surface area contributed by atoms with E-state index in [1.165, 1.54) is 6.26 Å². The van der Waals surface area contributed by atoms with Crippen molar-refractivity contribution in [2.24, 2.45) is 0 Å². The maximum Gasteiger partial charge on any atom is 0.245 e. The highest BCUT2D eigenvalue weighted by molar-refractivity contribution is 7.88. The molecule has 1 atom stereocenters. The van der Waals surface area contributed by atoms with E-state index < -0.39 is 10.0 Å². The molecule has 23 heavy (non-hydrogen) atoms. The number of carbonyl (C=O) groups is 1. The number of nitrogens with one attached hydrogen (secondary N) is 1. The van der Waals surface area contributed by atoms with E-state index in [2.05, 4.69) is 23.6 Å². The van der Waals surface area contributed by atoms with Crippen molar-refractivity contribution in [3.8, 4) is 0 Å². The van der Waals surface area contributed by atoms with Crippen LogP contribution in [0.4, 0.5) is 0 Å². The summed E-state index contributed by atoms with van der Waals surface area (Å²) in [5, 5.41) is 0. The highest BCUT2D eigenvalue weighted by Crippen LogP contribution is 2.21. The second-order valence-corrected chi connectivity index (χ2v) is 8.29. The molecule has 0 saturated carbocycles. The summed E-state index contributed by atoms with van der Waals surface area (Å²) in [7, 11) is -3.19. The summed E-state index contributed by atoms with van der Waals surface area (Å²) in [5.74, 6) is 1.21. The SMILES string of the molecule is CC(C)c1nccn1[C@@H](C)C(=O)N1CCC(NS(C)(=O)=O)CC1. The van der Waals surface area contributed by atoms with Crippen LogP contribution in [0.2, 0.25) is 0 Å². The van der Waals surface area contributed by atoms with Crippen LogP contribution in [0, 0.1) is 0 Å². The highest BCUT2D eigenvalue weighted by atomic mass is 32.2. The minimum absolute atomic E-state index is 0.0581. The lowest BCUT2D eigenvalue weighted by Gasteiger charge is -2.34. The van der Waals surface area contributed by atoms with Crippen LogP contribution in [-0.2, 0) is 14.8 Å². The third kappa shape index (κ3) is 4.54. The minimum atomic E-state index is -3.19. The summed E-state index contributed by atoms with van der Waals surface area (Å²) in [6, 6.07) is -0.377. The van der Waals surface area contributed by atoms with Crippen LogP contribution >= 0.6 is 0 Å². The van der Waals surface area contributed by atoms with E-state index in [0.717, 1.165) is 5.82 Å². The minimum Gasteiger partial charge on any atom is -0.341 e. The third-order valence-electron chi connectivity index (χ3n) is 4.18. The van der Waals surface area contributed by atoms with Gasteiger partial charge < -0.3 is 9.47 Å². The zero-order valence-corrected chi connectivity index (χ0v) is 15.0. The van der Waals surface area contributed by atoms with E-state index in [1.54, 1.807) is 6.20 Å². The number of aromatic nitrogens is 2. The van der Waals surface area contributed by atoms with Crippen LogP contribution in [0.5, 0.6) is 0 Å². The maximum atomic E-state index is 12.7. The Balaban J connectivity index is 1.98. The van der Waals surface area contributed by atoms with Gasteiger partial charge in [-0.25, -0.2) is 18.1 Å². The fourth-order valence-electron chi connectivity index (χ4n) is 3.00. The van der Waals surface area contributed by atoms with E-state index in [-0.39, 0.29) is 23.9 Å². The first kappa shape index (κ1) is 17.9. The summed E-state index contributed by atoms with van der Waals surface area (Å²) in [5.41, 5.74) is 0. The molecule has 1 fully saturated rings. The molecular weight excluding hydrogens is 316 g/mol. The number of rotatable bonds is 5. The summed E-state index contributed by atoms with van der Waals surface area (Å²) >= 11 is 0. The smallest absolute Gasteiger partial charge is 0.245 e. The van der Waals surface area contributed by atoms with Gasteiger partial charge in [0.1, 0.15) is 11.9 Å². The number of amides is 1. The maximum absolute atomic E-state index is 12.7. The first-order valence-electron chi connectivity index (χ1n) is 7.98. The molecule has 0 spiro atoms. The molecule has 1 saturated heterocycles. The summed E-state index contributed by atoms with van der Waals surface area (Å²) < 4.78 is 27.1. The molecule has 130 valence electrons. The number of imidazole rings is 1. The van der Waals surface area contributed by atoms with Gasteiger partial charge >= 0.3 is 0 Å². The molecule has 0 unspecified atom stereocenters. The molecule has 1 amide bonds. The Morgan fingerprint density at radius 1 is 1.30 bits per heavy atom. The normalized spacial score (nSPS) is 18.4. The Morgan fingerprint density at radius 3 is 2.43 bits per heavy atom. The Labute approximate surface area is 138 Å². The van der Waals surface area contributed by atoms with E-state index >= 15 is 0 Å². The van der Waals surface area contributed by atoms with E-state index in [9.17, 15) is 13.2 Å². The molecule has 1 aliphatic heterocycles. The molecule has 7 nitrogen and oxygen atoms in total. The van der Waals surface area contributed by atoms with Crippen LogP contribution in [-0.4, -0.2) is 54.2 Å². The zero-order valence-electron chi connectivity index (χ0n) is 14.2. The first-order chi connectivity index (χ1) is 10.7. The predicted molar refractivity (Wildman–Crippen MR) is 88.6 cm³/mol. The number of hydrogen-bond acceptors (Lipinski definition) is 4. The van der Waals surface area contributed by atoms with Gasteiger partial charge in [0, 0.05) is 37.4 Å². The molecule has 0 aromatic carbocycles. The van der Waals surface area contributed by atoms with E-state index in [4.69, 9.17) is 0 Å². The second-order valence-electron chi connectivity index (χ2n) is 6.51. The largest absolute Gasteiger partial charge is 0.341 e. The molecule has 0 aliphatic carbocycles.